The number of para-hydroxylation sites is 2. The summed E-state index contributed by atoms with van der Waals surface area (Å²) in [5.41, 5.74) is 2.56. The maximum absolute atomic E-state index is 13.1. The Balaban J connectivity index is 1.92. The molecular formula is C20H22N2O4S. The summed E-state index contributed by atoms with van der Waals surface area (Å²) >= 11 is 0. The lowest BCUT2D eigenvalue weighted by Crippen LogP contribution is -2.31. The van der Waals surface area contributed by atoms with Gasteiger partial charge in [-0.05, 0) is 36.2 Å². The zero-order valence-electron chi connectivity index (χ0n) is 15.4. The maximum atomic E-state index is 13.1. The Morgan fingerprint density at radius 3 is 2.04 bits per heavy atom. The summed E-state index contributed by atoms with van der Waals surface area (Å²) in [5.74, 6) is -0.276. The van der Waals surface area contributed by atoms with E-state index in [0.29, 0.717) is 36.3 Å². The molecule has 0 saturated heterocycles. The third-order valence-electron chi connectivity index (χ3n) is 4.48. The van der Waals surface area contributed by atoms with E-state index < -0.39 is 9.84 Å². The van der Waals surface area contributed by atoms with Gasteiger partial charge < -0.3 is 9.80 Å². The Morgan fingerprint density at radius 2 is 1.48 bits per heavy atom. The average Bonchev–Trinajstić information content (AvgIpc) is 2.80. The standard InChI is InChI=1S/C20H22N2O4S/c1-15(23)21-12-5-13-22(19-7-4-3-6-18(19)21)20(24)17-10-8-16(9-11-17)14-27(2,25)26/h3-4,6-11H,5,12-14H2,1-2H3. The number of carbonyl (C=O) groups is 2. The predicted octanol–water partition coefficient (Wildman–Crippen LogP) is 2.63. The number of carbonyl (C=O) groups excluding carboxylic acids is 2. The number of fused-ring (bicyclic) bond motifs is 1. The minimum atomic E-state index is -3.12. The van der Waals surface area contributed by atoms with E-state index in [1.807, 2.05) is 24.3 Å². The fourth-order valence-electron chi connectivity index (χ4n) is 3.29. The normalized spacial score (nSPS) is 14.4. The molecule has 0 atom stereocenters. The van der Waals surface area contributed by atoms with Gasteiger partial charge in [-0.15, -0.1) is 0 Å². The minimum Gasteiger partial charge on any atom is -0.311 e. The summed E-state index contributed by atoms with van der Waals surface area (Å²) < 4.78 is 22.8. The van der Waals surface area contributed by atoms with Crippen molar-refractivity contribution in [3.8, 4) is 0 Å². The second kappa shape index (κ2) is 7.52. The quantitative estimate of drug-likeness (QED) is 0.813. The van der Waals surface area contributed by atoms with Crippen molar-refractivity contribution in [2.45, 2.75) is 19.1 Å². The molecule has 0 fully saturated rings. The molecule has 0 saturated carbocycles. The first-order chi connectivity index (χ1) is 12.8. The van der Waals surface area contributed by atoms with E-state index in [0.717, 1.165) is 5.69 Å². The van der Waals surface area contributed by atoms with Crippen molar-refractivity contribution < 1.29 is 18.0 Å². The topological polar surface area (TPSA) is 74.8 Å². The first-order valence-electron chi connectivity index (χ1n) is 8.72. The number of benzene rings is 2. The van der Waals surface area contributed by atoms with Gasteiger partial charge in [0.15, 0.2) is 9.84 Å². The maximum Gasteiger partial charge on any atom is 0.258 e. The third-order valence-corrected chi connectivity index (χ3v) is 5.34. The molecule has 2 aromatic carbocycles. The number of rotatable bonds is 3. The molecule has 0 aromatic heterocycles. The second-order valence-corrected chi connectivity index (χ2v) is 8.88. The van der Waals surface area contributed by atoms with Gasteiger partial charge in [0.1, 0.15) is 0 Å². The van der Waals surface area contributed by atoms with E-state index in [9.17, 15) is 18.0 Å². The van der Waals surface area contributed by atoms with Gasteiger partial charge in [0, 0.05) is 31.8 Å². The van der Waals surface area contributed by atoms with Gasteiger partial charge in [0.2, 0.25) is 5.91 Å². The molecule has 7 heteroatoms. The van der Waals surface area contributed by atoms with Crippen LogP contribution in [-0.2, 0) is 20.4 Å². The van der Waals surface area contributed by atoms with Crippen molar-refractivity contribution in [3.63, 3.8) is 0 Å². The SMILES string of the molecule is CC(=O)N1CCCN(C(=O)c2ccc(CS(C)(=O)=O)cc2)c2ccccc21. The zero-order chi connectivity index (χ0) is 19.6. The van der Waals surface area contributed by atoms with Crippen molar-refractivity contribution in [2.75, 3.05) is 29.1 Å². The summed E-state index contributed by atoms with van der Waals surface area (Å²) in [5, 5.41) is 0. The molecular weight excluding hydrogens is 364 g/mol. The van der Waals surface area contributed by atoms with E-state index in [1.165, 1.54) is 13.2 Å². The highest BCUT2D eigenvalue weighted by atomic mass is 32.2. The molecule has 0 bridgehead atoms. The van der Waals surface area contributed by atoms with Crippen molar-refractivity contribution in [1.82, 2.24) is 0 Å². The minimum absolute atomic E-state index is 0.0538. The van der Waals surface area contributed by atoms with Gasteiger partial charge in [-0.1, -0.05) is 24.3 Å². The first kappa shape index (κ1) is 19.1. The molecule has 0 unspecified atom stereocenters. The molecule has 1 aliphatic heterocycles. The fraction of sp³-hybridized carbons (Fsp3) is 0.300. The highest BCUT2D eigenvalue weighted by Crippen LogP contribution is 2.33. The molecule has 0 spiro atoms. The van der Waals surface area contributed by atoms with Crippen LogP contribution in [0.4, 0.5) is 11.4 Å². The molecule has 3 rings (SSSR count). The Hall–Kier alpha value is -2.67. The number of nitrogens with zero attached hydrogens (tertiary/aromatic N) is 2. The van der Waals surface area contributed by atoms with Gasteiger partial charge >= 0.3 is 0 Å². The monoisotopic (exact) mass is 386 g/mol. The van der Waals surface area contributed by atoms with Crippen LogP contribution in [0.25, 0.3) is 0 Å². The number of anilines is 2. The summed E-state index contributed by atoms with van der Waals surface area (Å²) in [6.07, 6.45) is 1.85. The lowest BCUT2D eigenvalue weighted by molar-refractivity contribution is -0.116. The van der Waals surface area contributed by atoms with Crippen molar-refractivity contribution in [2.24, 2.45) is 0 Å². The number of hydrogen-bond acceptors (Lipinski definition) is 4. The average molecular weight is 386 g/mol. The van der Waals surface area contributed by atoms with E-state index >= 15 is 0 Å². The highest BCUT2D eigenvalue weighted by Gasteiger charge is 2.26. The van der Waals surface area contributed by atoms with Crippen molar-refractivity contribution in [3.05, 3.63) is 59.7 Å². The Labute approximate surface area is 159 Å². The van der Waals surface area contributed by atoms with E-state index in [1.54, 1.807) is 34.1 Å². The van der Waals surface area contributed by atoms with Crippen LogP contribution >= 0.6 is 0 Å². The summed E-state index contributed by atoms with van der Waals surface area (Å²) in [7, 11) is -3.12. The predicted molar refractivity (Wildman–Crippen MR) is 106 cm³/mol. The van der Waals surface area contributed by atoms with Crippen LogP contribution in [-0.4, -0.2) is 39.6 Å². The van der Waals surface area contributed by atoms with Crippen LogP contribution in [0, 0.1) is 0 Å². The molecule has 0 radical (unpaired) electrons. The van der Waals surface area contributed by atoms with Gasteiger partial charge in [-0.3, -0.25) is 9.59 Å². The van der Waals surface area contributed by atoms with Crippen LogP contribution in [0.3, 0.4) is 0 Å². The second-order valence-electron chi connectivity index (χ2n) is 6.74. The van der Waals surface area contributed by atoms with Gasteiger partial charge in [-0.2, -0.15) is 0 Å². The van der Waals surface area contributed by atoms with E-state index in [-0.39, 0.29) is 17.6 Å². The van der Waals surface area contributed by atoms with Crippen LogP contribution in [0.1, 0.15) is 29.3 Å². The highest BCUT2D eigenvalue weighted by molar-refractivity contribution is 7.89. The smallest absolute Gasteiger partial charge is 0.258 e. The molecule has 6 nitrogen and oxygen atoms in total. The summed E-state index contributed by atoms with van der Waals surface area (Å²) in [6.45, 7) is 2.59. The van der Waals surface area contributed by atoms with E-state index in [2.05, 4.69) is 0 Å². The van der Waals surface area contributed by atoms with Gasteiger partial charge in [0.25, 0.3) is 5.91 Å². The first-order valence-corrected chi connectivity index (χ1v) is 10.8. The largest absolute Gasteiger partial charge is 0.311 e. The fourth-order valence-corrected chi connectivity index (χ4v) is 4.09. The Kier molecular flexibility index (Phi) is 5.32. The Morgan fingerprint density at radius 1 is 0.926 bits per heavy atom. The molecule has 142 valence electrons. The molecule has 0 aliphatic carbocycles. The molecule has 2 amide bonds. The van der Waals surface area contributed by atoms with E-state index in [4.69, 9.17) is 0 Å². The van der Waals surface area contributed by atoms with Crippen LogP contribution in [0.2, 0.25) is 0 Å². The summed E-state index contributed by atoms with van der Waals surface area (Å²) in [4.78, 5) is 28.5. The lowest BCUT2D eigenvalue weighted by Gasteiger charge is -2.25. The van der Waals surface area contributed by atoms with Crippen molar-refractivity contribution >= 4 is 33.0 Å². The molecule has 1 aliphatic rings. The van der Waals surface area contributed by atoms with Crippen LogP contribution in [0.5, 0.6) is 0 Å². The molecule has 2 aromatic rings. The molecule has 1 heterocycles. The molecule has 27 heavy (non-hydrogen) atoms. The molecule has 0 N–H and O–H groups in total. The Bertz CT molecular complexity index is 968. The number of sulfone groups is 1. The van der Waals surface area contributed by atoms with Crippen LogP contribution < -0.4 is 9.80 Å². The third kappa shape index (κ3) is 4.36. The van der Waals surface area contributed by atoms with Crippen LogP contribution in [0.15, 0.2) is 48.5 Å². The summed E-state index contributed by atoms with van der Waals surface area (Å²) in [6, 6.07) is 14.0. The zero-order valence-corrected chi connectivity index (χ0v) is 16.2. The number of amides is 2. The lowest BCUT2D eigenvalue weighted by atomic mass is 10.1. The van der Waals surface area contributed by atoms with Gasteiger partial charge in [-0.25, -0.2) is 8.42 Å². The van der Waals surface area contributed by atoms with Gasteiger partial charge in [0.05, 0.1) is 17.1 Å². The number of hydrogen-bond donors (Lipinski definition) is 0. The van der Waals surface area contributed by atoms with Crippen molar-refractivity contribution in [1.29, 1.82) is 0 Å².